The molecule has 6 heteroatoms. The lowest BCUT2D eigenvalue weighted by Gasteiger charge is -2.33. The summed E-state index contributed by atoms with van der Waals surface area (Å²) in [7, 11) is 0. The number of rotatable bonds is 21. The number of amides is 1. The van der Waals surface area contributed by atoms with E-state index >= 15 is 0 Å². The van der Waals surface area contributed by atoms with Crippen LogP contribution in [0.15, 0.2) is 48.3 Å². The van der Waals surface area contributed by atoms with Crippen LogP contribution in [0, 0.1) is 0 Å². The summed E-state index contributed by atoms with van der Waals surface area (Å²) in [5.41, 5.74) is 0.558. The van der Waals surface area contributed by atoms with Gasteiger partial charge in [0.15, 0.2) is 0 Å². The zero-order valence-electron chi connectivity index (χ0n) is 22.9. The van der Waals surface area contributed by atoms with Crippen molar-refractivity contribution in [2.75, 3.05) is 0 Å². The van der Waals surface area contributed by atoms with Gasteiger partial charge in [-0.05, 0) is 49.6 Å². The van der Waals surface area contributed by atoms with E-state index < -0.39 is 10.8 Å². The number of nitrogens with zero attached hydrogens (tertiary/aromatic N) is 2. The number of hydrogen-bond acceptors (Lipinski definition) is 4. The first kappa shape index (κ1) is 31.1. The molecule has 0 saturated heterocycles. The molecule has 1 aromatic rings. The van der Waals surface area contributed by atoms with Gasteiger partial charge >= 0.3 is 5.97 Å². The monoisotopic (exact) mass is 528 g/mol. The van der Waals surface area contributed by atoms with E-state index in [1.54, 1.807) is 36.1 Å². The Bertz CT molecular complexity index is 827. The molecule has 0 aliphatic carbocycles. The lowest BCUT2D eigenvalue weighted by Crippen LogP contribution is -2.47. The molecule has 0 saturated carbocycles. The maximum absolute atomic E-state index is 12.9. The van der Waals surface area contributed by atoms with Crippen molar-refractivity contribution in [3.05, 3.63) is 53.8 Å². The number of thioether (sulfide) groups is 1. The Hall–Kier alpha value is -2.08. The molecule has 1 aliphatic rings. The van der Waals surface area contributed by atoms with Crippen LogP contribution < -0.4 is 0 Å². The molecule has 0 radical (unpaired) electrons. The van der Waals surface area contributed by atoms with Gasteiger partial charge in [-0.25, -0.2) is 4.79 Å². The molecule has 2 heterocycles. The van der Waals surface area contributed by atoms with Gasteiger partial charge in [-0.3, -0.25) is 14.7 Å². The lowest BCUT2D eigenvalue weighted by atomic mass is 10.0. The van der Waals surface area contributed by atoms with E-state index in [0.29, 0.717) is 12.0 Å². The Labute approximate surface area is 229 Å². The van der Waals surface area contributed by atoms with Crippen molar-refractivity contribution in [1.82, 2.24) is 9.88 Å². The molecule has 0 aromatic carbocycles. The van der Waals surface area contributed by atoms with Crippen LogP contribution in [0.2, 0.25) is 0 Å². The molecule has 0 fully saturated rings. The van der Waals surface area contributed by atoms with Gasteiger partial charge in [0.1, 0.15) is 0 Å². The van der Waals surface area contributed by atoms with Gasteiger partial charge in [-0.15, -0.1) is 0 Å². The van der Waals surface area contributed by atoms with Crippen LogP contribution in [0.3, 0.4) is 0 Å². The standard InChI is InChI=1S/C31H48N2O3S/c1-2-3-4-5-6-7-8-9-10-11-12-13-14-15-16-17-18-19-20-21-29(34)33-26-27-37-31(33,30(35)36)28-22-24-32-25-23-28/h9-10,22-27H,2-8,11-21H2,1H3,(H,35,36). The first-order valence-corrected chi connectivity index (χ1v) is 15.5. The molecule has 206 valence electrons. The number of allylic oxidation sites excluding steroid dienone is 2. The number of carboxylic acids is 1. The van der Waals surface area contributed by atoms with Crippen LogP contribution in [-0.4, -0.2) is 26.9 Å². The van der Waals surface area contributed by atoms with Gasteiger partial charge in [-0.1, -0.05) is 108 Å². The van der Waals surface area contributed by atoms with E-state index in [4.69, 9.17) is 0 Å². The van der Waals surface area contributed by atoms with Crippen molar-refractivity contribution in [2.45, 2.75) is 127 Å². The Morgan fingerprint density at radius 3 is 1.89 bits per heavy atom. The van der Waals surface area contributed by atoms with E-state index in [1.807, 2.05) is 0 Å². The zero-order chi connectivity index (χ0) is 26.6. The Morgan fingerprint density at radius 2 is 1.35 bits per heavy atom. The smallest absolute Gasteiger partial charge is 0.345 e. The lowest BCUT2D eigenvalue weighted by molar-refractivity contribution is -0.150. The summed E-state index contributed by atoms with van der Waals surface area (Å²) in [6.45, 7) is 2.27. The molecule has 1 N–H and O–H groups in total. The minimum Gasteiger partial charge on any atom is -0.479 e. The normalized spacial score (nSPS) is 17.2. The molecule has 1 atom stereocenters. The average molecular weight is 529 g/mol. The predicted octanol–water partition coefficient (Wildman–Crippen LogP) is 8.96. The predicted molar refractivity (Wildman–Crippen MR) is 155 cm³/mol. The molecule has 1 aliphatic heterocycles. The van der Waals surface area contributed by atoms with Gasteiger partial charge in [0.2, 0.25) is 10.8 Å². The highest BCUT2D eigenvalue weighted by atomic mass is 32.2. The molecule has 1 aromatic heterocycles. The molecule has 1 unspecified atom stereocenters. The largest absolute Gasteiger partial charge is 0.479 e. The molecule has 1 amide bonds. The molecule has 0 spiro atoms. The zero-order valence-corrected chi connectivity index (χ0v) is 23.7. The number of carbonyl (C=O) groups is 2. The summed E-state index contributed by atoms with van der Waals surface area (Å²) in [4.78, 5) is 29.0. The van der Waals surface area contributed by atoms with E-state index in [9.17, 15) is 14.7 Å². The summed E-state index contributed by atoms with van der Waals surface area (Å²) in [6.07, 6.45) is 31.2. The van der Waals surface area contributed by atoms with E-state index in [2.05, 4.69) is 24.1 Å². The highest BCUT2D eigenvalue weighted by molar-refractivity contribution is 8.03. The Balaban J connectivity index is 1.47. The van der Waals surface area contributed by atoms with Crippen LogP contribution in [0.25, 0.3) is 0 Å². The first-order chi connectivity index (χ1) is 18.1. The van der Waals surface area contributed by atoms with Crippen LogP contribution >= 0.6 is 11.8 Å². The Morgan fingerprint density at radius 1 is 0.838 bits per heavy atom. The molecular formula is C31H48N2O3S. The number of carboxylic acid groups (broad SMARTS) is 1. The van der Waals surface area contributed by atoms with E-state index in [1.165, 1.54) is 94.8 Å². The molecule has 2 rings (SSSR count). The van der Waals surface area contributed by atoms with Crippen molar-refractivity contribution >= 4 is 23.6 Å². The van der Waals surface area contributed by atoms with Gasteiger partial charge in [-0.2, -0.15) is 0 Å². The van der Waals surface area contributed by atoms with Gasteiger partial charge in [0.05, 0.1) is 0 Å². The number of pyridine rings is 1. The third-order valence-electron chi connectivity index (χ3n) is 7.07. The maximum Gasteiger partial charge on any atom is 0.345 e. The van der Waals surface area contributed by atoms with Gasteiger partial charge in [0, 0.05) is 30.6 Å². The van der Waals surface area contributed by atoms with Crippen molar-refractivity contribution in [2.24, 2.45) is 0 Å². The van der Waals surface area contributed by atoms with Crippen LogP contribution in [0.5, 0.6) is 0 Å². The third kappa shape index (κ3) is 11.1. The number of aliphatic carboxylic acids is 1. The van der Waals surface area contributed by atoms with Gasteiger partial charge < -0.3 is 5.11 Å². The van der Waals surface area contributed by atoms with Crippen molar-refractivity contribution < 1.29 is 14.7 Å². The quantitative estimate of drug-likeness (QED) is 0.127. The number of hydrogen-bond donors (Lipinski definition) is 1. The van der Waals surface area contributed by atoms with Crippen LogP contribution in [-0.2, 0) is 14.5 Å². The number of unbranched alkanes of at least 4 members (excludes halogenated alkanes) is 15. The fraction of sp³-hybridized carbons (Fsp3) is 0.645. The second-order valence-electron chi connectivity index (χ2n) is 10.1. The van der Waals surface area contributed by atoms with E-state index in [-0.39, 0.29) is 5.91 Å². The minimum atomic E-state index is -1.43. The first-order valence-electron chi connectivity index (χ1n) is 14.6. The van der Waals surface area contributed by atoms with Crippen LogP contribution in [0.1, 0.15) is 128 Å². The minimum absolute atomic E-state index is 0.138. The summed E-state index contributed by atoms with van der Waals surface area (Å²) in [5, 5.41) is 11.7. The average Bonchev–Trinajstić information content (AvgIpc) is 3.37. The van der Waals surface area contributed by atoms with Crippen molar-refractivity contribution in [3.63, 3.8) is 0 Å². The maximum atomic E-state index is 12.9. The van der Waals surface area contributed by atoms with Crippen molar-refractivity contribution in [1.29, 1.82) is 0 Å². The molecule has 37 heavy (non-hydrogen) atoms. The number of aromatic nitrogens is 1. The van der Waals surface area contributed by atoms with Crippen LogP contribution in [0.4, 0.5) is 0 Å². The summed E-state index contributed by atoms with van der Waals surface area (Å²) >= 11 is 1.15. The van der Waals surface area contributed by atoms with Crippen molar-refractivity contribution in [3.8, 4) is 0 Å². The molecule has 5 nitrogen and oxygen atoms in total. The molecule has 0 bridgehead atoms. The fourth-order valence-electron chi connectivity index (χ4n) is 4.85. The SMILES string of the molecule is CCCCCCCCC=CCCCCCCCCCCCC(=O)N1C=CSC1(C(=O)O)c1ccncc1. The highest BCUT2D eigenvalue weighted by Crippen LogP contribution is 2.46. The van der Waals surface area contributed by atoms with E-state index in [0.717, 1.165) is 31.0 Å². The summed E-state index contributed by atoms with van der Waals surface area (Å²) in [6, 6.07) is 3.34. The third-order valence-corrected chi connectivity index (χ3v) is 8.28. The topological polar surface area (TPSA) is 70.5 Å². The summed E-state index contributed by atoms with van der Waals surface area (Å²) < 4.78 is 0. The van der Waals surface area contributed by atoms with Gasteiger partial charge in [0.25, 0.3) is 0 Å². The second-order valence-corrected chi connectivity index (χ2v) is 11.2. The molecular weight excluding hydrogens is 480 g/mol. The Kier molecular flexibility index (Phi) is 16.0. The number of carbonyl (C=O) groups excluding carboxylic acids is 1. The summed E-state index contributed by atoms with van der Waals surface area (Å²) in [5.74, 6) is -1.17. The highest BCUT2D eigenvalue weighted by Gasteiger charge is 2.50. The fourth-order valence-corrected chi connectivity index (χ4v) is 5.88. The second kappa shape index (κ2) is 19.1.